The fourth-order valence-electron chi connectivity index (χ4n) is 6.29. The van der Waals surface area contributed by atoms with Crippen LogP contribution in [0.2, 0.25) is 0 Å². The van der Waals surface area contributed by atoms with E-state index in [0.29, 0.717) is 5.89 Å². The SMILES string of the molecule is C#C/C=C(\C=C/C)c1nc2cc(-c3c4ccccc4c(-c4ccc5c(c4)oc4ccccc45)c4ccccc34)ccc2o1. The van der Waals surface area contributed by atoms with Crippen LogP contribution in [0.25, 0.3) is 82.4 Å². The fraction of sp³-hybridized carbons (Fsp3) is 0.0250. The Morgan fingerprint density at radius 1 is 0.628 bits per heavy atom. The molecule has 3 nitrogen and oxygen atoms in total. The number of oxazole rings is 1. The molecule has 0 radical (unpaired) electrons. The van der Waals surface area contributed by atoms with Gasteiger partial charge in [0.25, 0.3) is 0 Å². The highest BCUT2D eigenvalue weighted by molar-refractivity contribution is 6.22. The Hall–Kier alpha value is -5.85. The van der Waals surface area contributed by atoms with Crippen molar-refractivity contribution < 1.29 is 8.83 Å². The summed E-state index contributed by atoms with van der Waals surface area (Å²) in [6.45, 7) is 1.94. The first-order chi connectivity index (χ1) is 21.2. The van der Waals surface area contributed by atoms with E-state index in [0.717, 1.165) is 49.7 Å². The minimum Gasteiger partial charge on any atom is -0.456 e. The lowest BCUT2D eigenvalue weighted by Gasteiger charge is -2.17. The third kappa shape index (κ3) is 3.96. The summed E-state index contributed by atoms with van der Waals surface area (Å²) in [6, 6.07) is 38.3. The number of nitrogens with zero attached hydrogens (tertiary/aromatic N) is 1. The second-order valence-corrected chi connectivity index (χ2v) is 10.6. The van der Waals surface area contributed by atoms with Crippen molar-refractivity contribution in [2.45, 2.75) is 6.92 Å². The molecule has 0 aliphatic carbocycles. The zero-order valence-corrected chi connectivity index (χ0v) is 23.5. The molecule has 6 aromatic carbocycles. The van der Waals surface area contributed by atoms with Crippen LogP contribution in [-0.4, -0.2) is 4.98 Å². The Morgan fingerprint density at radius 2 is 1.21 bits per heavy atom. The van der Waals surface area contributed by atoms with Gasteiger partial charge in [-0.25, -0.2) is 4.98 Å². The number of aromatic nitrogens is 1. The molecule has 8 rings (SSSR count). The Kier molecular flexibility index (Phi) is 5.74. The van der Waals surface area contributed by atoms with Gasteiger partial charge in [0, 0.05) is 22.4 Å². The lowest BCUT2D eigenvalue weighted by molar-refractivity contribution is 0.586. The molecule has 43 heavy (non-hydrogen) atoms. The molecule has 8 aromatic rings. The van der Waals surface area contributed by atoms with Gasteiger partial charge in [-0.1, -0.05) is 96.9 Å². The third-order valence-corrected chi connectivity index (χ3v) is 8.11. The van der Waals surface area contributed by atoms with Crippen molar-refractivity contribution in [3.8, 4) is 34.6 Å². The fourth-order valence-corrected chi connectivity index (χ4v) is 6.29. The van der Waals surface area contributed by atoms with Crippen LogP contribution in [0.1, 0.15) is 12.8 Å². The highest BCUT2D eigenvalue weighted by atomic mass is 16.3. The summed E-state index contributed by atoms with van der Waals surface area (Å²) in [5.74, 6) is 3.10. The summed E-state index contributed by atoms with van der Waals surface area (Å²) in [5.41, 5.74) is 8.62. The van der Waals surface area contributed by atoms with Gasteiger partial charge in [-0.15, -0.1) is 6.42 Å². The van der Waals surface area contributed by atoms with E-state index in [1.165, 1.54) is 32.7 Å². The normalized spacial score (nSPS) is 12.3. The highest BCUT2D eigenvalue weighted by Gasteiger charge is 2.19. The second kappa shape index (κ2) is 9.91. The van der Waals surface area contributed by atoms with E-state index in [2.05, 4.69) is 96.9 Å². The first-order valence-corrected chi connectivity index (χ1v) is 14.3. The molecule has 202 valence electrons. The van der Waals surface area contributed by atoms with Crippen molar-refractivity contribution in [2.75, 3.05) is 0 Å². The Morgan fingerprint density at radius 3 is 1.86 bits per heavy atom. The average molecular weight is 552 g/mol. The van der Waals surface area contributed by atoms with Gasteiger partial charge < -0.3 is 8.83 Å². The predicted octanol–water partition coefficient (Wildman–Crippen LogP) is 11.0. The maximum Gasteiger partial charge on any atom is 0.227 e. The molecule has 2 aromatic heterocycles. The van der Waals surface area contributed by atoms with Gasteiger partial charge in [0.1, 0.15) is 16.7 Å². The molecule has 0 aliphatic heterocycles. The minimum atomic E-state index is 0.509. The number of fused-ring (bicyclic) bond motifs is 6. The lowest BCUT2D eigenvalue weighted by Crippen LogP contribution is -1.90. The lowest BCUT2D eigenvalue weighted by atomic mass is 9.86. The summed E-state index contributed by atoms with van der Waals surface area (Å²) < 4.78 is 12.4. The average Bonchev–Trinajstić information content (AvgIpc) is 3.64. The van der Waals surface area contributed by atoms with Crippen LogP contribution < -0.4 is 0 Å². The second-order valence-electron chi connectivity index (χ2n) is 10.6. The van der Waals surface area contributed by atoms with E-state index in [4.69, 9.17) is 20.2 Å². The van der Waals surface area contributed by atoms with E-state index < -0.39 is 0 Å². The number of terminal acetylenes is 1. The molecule has 0 spiro atoms. The van der Waals surface area contributed by atoms with Gasteiger partial charge in [0.2, 0.25) is 5.89 Å². The molecule has 0 saturated heterocycles. The summed E-state index contributed by atoms with van der Waals surface area (Å²) in [6.07, 6.45) is 11.1. The molecular formula is C40H25NO2. The van der Waals surface area contributed by atoms with Crippen LogP contribution >= 0.6 is 0 Å². The Labute approximate surface area is 248 Å². The number of benzene rings is 6. The van der Waals surface area contributed by atoms with Gasteiger partial charge in [0.15, 0.2) is 5.58 Å². The number of rotatable bonds is 4. The van der Waals surface area contributed by atoms with Crippen molar-refractivity contribution >= 4 is 60.2 Å². The topological polar surface area (TPSA) is 39.2 Å². The number of hydrogen-bond donors (Lipinski definition) is 0. The van der Waals surface area contributed by atoms with E-state index in [9.17, 15) is 0 Å². The van der Waals surface area contributed by atoms with E-state index in [-0.39, 0.29) is 0 Å². The molecule has 0 atom stereocenters. The zero-order chi connectivity index (χ0) is 28.9. The largest absolute Gasteiger partial charge is 0.456 e. The Balaban J connectivity index is 1.38. The van der Waals surface area contributed by atoms with E-state index >= 15 is 0 Å². The first-order valence-electron chi connectivity index (χ1n) is 14.3. The van der Waals surface area contributed by atoms with Crippen LogP contribution in [-0.2, 0) is 0 Å². The van der Waals surface area contributed by atoms with E-state index in [1.807, 2.05) is 37.3 Å². The van der Waals surface area contributed by atoms with Crippen molar-refractivity contribution in [2.24, 2.45) is 0 Å². The zero-order valence-electron chi connectivity index (χ0n) is 23.5. The molecular weight excluding hydrogens is 526 g/mol. The quantitative estimate of drug-likeness (QED) is 0.124. The summed E-state index contributed by atoms with van der Waals surface area (Å²) in [5, 5.41) is 6.96. The number of hydrogen-bond acceptors (Lipinski definition) is 3. The molecule has 0 fully saturated rings. The van der Waals surface area contributed by atoms with Crippen molar-refractivity contribution in [3.63, 3.8) is 0 Å². The van der Waals surface area contributed by atoms with Gasteiger partial charge >= 0.3 is 0 Å². The smallest absolute Gasteiger partial charge is 0.227 e. The molecule has 0 saturated carbocycles. The highest BCUT2D eigenvalue weighted by Crippen LogP contribution is 2.45. The molecule has 0 bridgehead atoms. The molecule has 3 heteroatoms. The first kappa shape index (κ1) is 24.9. The molecule has 0 amide bonds. The molecule has 0 unspecified atom stereocenters. The predicted molar refractivity (Wildman–Crippen MR) is 179 cm³/mol. The van der Waals surface area contributed by atoms with Crippen molar-refractivity contribution in [1.82, 2.24) is 4.98 Å². The number of furan rings is 1. The summed E-state index contributed by atoms with van der Waals surface area (Å²) in [7, 11) is 0. The standard InChI is InChI=1S/C40H25NO2/c1-3-11-25(12-4-2)40-41-34-23-26(20-22-36(34)43-40)38-30-14-5-7-16-32(30)39(33-17-8-6-15-31(33)38)27-19-21-29-28-13-9-10-18-35(28)42-37(29)24-27/h1,4-24H,2H3/b12-4-,25-11+. The Bertz CT molecular complexity index is 2420. The van der Waals surface area contributed by atoms with Crippen molar-refractivity contribution in [3.05, 3.63) is 133 Å². The van der Waals surface area contributed by atoms with E-state index in [1.54, 1.807) is 6.08 Å². The number of allylic oxidation sites excluding steroid dienone is 4. The van der Waals surface area contributed by atoms with Gasteiger partial charge in [0.05, 0.1) is 0 Å². The van der Waals surface area contributed by atoms with Gasteiger partial charge in [-0.3, -0.25) is 0 Å². The van der Waals surface area contributed by atoms with Crippen LogP contribution in [0.4, 0.5) is 0 Å². The minimum absolute atomic E-state index is 0.509. The van der Waals surface area contributed by atoms with Crippen LogP contribution in [0, 0.1) is 12.3 Å². The van der Waals surface area contributed by atoms with Crippen molar-refractivity contribution in [1.29, 1.82) is 0 Å². The monoisotopic (exact) mass is 551 g/mol. The van der Waals surface area contributed by atoms with Gasteiger partial charge in [-0.05, 0) is 81.1 Å². The summed E-state index contributed by atoms with van der Waals surface area (Å²) in [4.78, 5) is 4.82. The van der Waals surface area contributed by atoms with Crippen LogP contribution in [0.5, 0.6) is 0 Å². The maximum atomic E-state index is 6.29. The van der Waals surface area contributed by atoms with Crippen LogP contribution in [0.3, 0.4) is 0 Å². The van der Waals surface area contributed by atoms with Crippen LogP contribution in [0.15, 0.2) is 136 Å². The summed E-state index contributed by atoms with van der Waals surface area (Å²) >= 11 is 0. The molecule has 0 aliphatic rings. The molecule has 0 N–H and O–H groups in total. The number of para-hydroxylation sites is 1. The third-order valence-electron chi connectivity index (χ3n) is 8.11. The maximum absolute atomic E-state index is 6.29. The van der Waals surface area contributed by atoms with Gasteiger partial charge in [-0.2, -0.15) is 0 Å². The molecule has 2 heterocycles.